The van der Waals surface area contributed by atoms with Gasteiger partial charge in [0.1, 0.15) is 12.7 Å². The maximum absolute atomic E-state index is 5.96. The van der Waals surface area contributed by atoms with Gasteiger partial charge in [-0.1, -0.05) is 18.2 Å². The van der Waals surface area contributed by atoms with Crippen molar-refractivity contribution in [2.24, 2.45) is 5.73 Å². The second-order valence-electron chi connectivity index (χ2n) is 5.83. The van der Waals surface area contributed by atoms with Crippen LogP contribution >= 0.6 is 0 Å². The molecule has 2 aromatic carbocycles. The Balaban J connectivity index is 1.81. The summed E-state index contributed by atoms with van der Waals surface area (Å²) in [5.74, 6) is 0. The van der Waals surface area contributed by atoms with Gasteiger partial charge >= 0.3 is 0 Å². The molecule has 0 radical (unpaired) electrons. The Bertz CT molecular complexity index is 989. The third kappa shape index (κ3) is 2.55. The lowest BCUT2D eigenvalue weighted by molar-refractivity contribution is 0.819. The van der Waals surface area contributed by atoms with Crippen molar-refractivity contribution in [1.29, 1.82) is 0 Å². The minimum absolute atomic E-state index is 0.000888. The van der Waals surface area contributed by atoms with Crippen LogP contribution in [0.2, 0.25) is 0 Å². The van der Waals surface area contributed by atoms with Crippen molar-refractivity contribution in [3.63, 3.8) is 0 Å². The molecule has 24 heavy (non-hydrogen) atoms. The Morgan fingerprint density at radius 2 is 1.83 bits per heavy atom. The van der Waals surface area contributed by atoms with E-state index >= 15 is 0 Å². The number of nitrogens with two attached hydrogens (primary N) is 1. The molecule has 5 heteroatoms. The van der Waals surface area contributed by atoms with E-state index in [1.54, 1.807) is 0 Å². The third-order valence-electron chi connectivity index (χ3n) is 4.12. The lowest BCUT2D eigenvalue weighted by Gasteiger charge is -2.08. The van der Waals surface area contributed by atoms with Crippen LogP contribution in [0, 0.1) is 0 Å². The average Bonchev–Trinajstić information content (AvgIpc) is 3.06. The highest BCUT2D eigenvalue weighted by Crippen LogP contribution is 2.25. The standard InChI is InChI=1S/C19H17N5/c1-13(20)14-5-6-19-18(8-14)23-12-24(19)17-4-2-3-15(7-17)16-9-21-11-22-10-16/h2-13H,20H2,1H3/t13-/m1/s1. The minimum atomic E-state index is 0.000888. The normalized spacial score (nSPS) is 12.4. The zero-order chi connectivity index (χ0) is 16.5. The molecule has 0 fully saturated rings. The van der Waals surface area contributed by atoms with Gasteiger partial charge in [0.2, 0.25) is 0 Å². The second-order valence-corrected chi connectivity index (χ2v) is 5.83. The zero-order valence-electron chi connectivity index (χ0n) is 13.3. The molecule has 4 aromatic rings. The van der Waals surface area contributed by atoms with Gasteiger partial charge in [0.15, 0.2) is 0 Å². The molecule has 118 valence electrons. The van der Waals surface area contributed by atoms with Crippen LogP contribution in [-0.4, -0.2) is 19.5 Å². The van der Waals surface area contributed by atoms with Gasteiger partial charge in [0, 0.05) is 29.7 Å². The molecule has 1 atom stereocenters. The van der Waals surface area contributed by atoms with E-state index in [1.165, 1.54) is 6.33 Å². The smallest absolute Gasteiger partial charge is 0.115 e. The summed E-state index contributed by atoms with van der Waals surface area (Å²) in [6.07, 6.45) is 7.00. The van der Waals surface area contributed by atoms with Gasteiger partial charge in [-0.15, -0.1) is 0 Å². The largest absolute Gasteiger partial charge is 0.324 e. The molecule has 0 saturated carbocycles. The van der Waals surface area contributed by atoms with Gasteiger partial charge in [0.05, 0.1) is 11.0 Å². The SMILES string of the molecule is C[C@@H](N)c1ccc2c(c1)ncn2-c1cccc(-c2cncnc2)c1. The molecule has 0 bridgehead atoms. The van der Waals surface area contributed by atoms with Crippen LogP contribution in [0.3, 0.4) is 0 Å². The summed E-state index contributed by atoms with van der Waals surface area (Å²) in [5.41, 5.74) is 12.2. The van der Waals surface area contributed by atoms with Crippen molar-refractivity contribution in [2.75, 3.05) is 0 Å². The first-order chi connectivity index (χ1) is 11.7. The number of nitrogens with zero attached hydrogens (tertiary/aromatic N) is 4. The number of fused-ring (bicyclic) bond motifs is 1. The molecule has 5 nitrogen and oxygen atoms in total. The van der Waals surface area contributed by atoms with Crippen LogP contribution in [-0.2, 0) is 0 Å². The zero-order valence-corrected chi connectivity index (χ0v) is 13.3. The van der Waals surface area contributed by atoms with Crippen molar-refractivity contribution in [2.45, 2.75) is 13.0 Å². The van der Waals surface area contributed by atoms with Gasteiger partial charge in [0.25, 0.3) is 0 Å². The first-order valence-electron chi connectivity index (χ1n) is 7.81. The number of benzene rings is 2. The van der Waals surface area contributed by atoms with Crippen molar-refractivity contribution >= 4 is 11.0 Å². The summed E-state index contributed by atoms with van der Waals surface area (Å²) in [6.45, 7) is 1.98. The van der Waals surface area contributed by atoms with E-state index in [2.05, 4.69) is 49.9 Å². The molecule has 0 aliphatic rings. The number of aromatic nitrogens is 4. The van der Waals surface area contributed by atoms with Gasteiger partial charge in [-0.2, -0.15) is 0 Å². The summed E-state index contributed by atoms with van der Waals surface area (Å²) in [7, 11) is 0. The van der Waals surface area contributed by atoms with Crippen molar-refractivity contribution in [1.82, 2.24) is 19.5 Å². The summed E-state index contributed by atoms with van der Waals surface area (Å²) in [4.78, 5) is 12.7. The molecule has 2 N–H and O–H groups in total. The first kappa shape index (κ1) is 14.5. The fourth-order valence-corrected chi connectivity index (χ4v) is 2.80. The van der Waals surface area contributed by atoms with Crippen LogP contribution in [0.4, 0.5) is 0 Å². The van der Waals surface area contributed by atoms with Crippen molar-refractivity contribution in [3.8, 4) is 16.8 Å². The third-order valence-corrected chi connectivity index (χ3v) is 4.12. The number of hydrogen-bond acceptors (Lipinski definition) is 4. The summed E-state index contributed by atoms with van der Waals surface area (Å²) >= 11 is 0. The molecule has 0 aliphatic heterocycles. The maximum atomic E-state index is 5.96. The Morgan fingerprint density at radius 1 is 1.00 bits per heavy atom. The topological polar surface area (TPSA) is 69.6 Å². The molecular weight excluding hydrogens is 298 g/mol. The molecular formula is C19H17N5. The summed E-state index contributed by atoms with van der Waals surface area (Å²) in [5, 5.41) is 0. The van der Waals surface area contributed by atoms with Gasteiger partial charge < -0.3 is 5.73 Å². The van der Waals surface area contributed by atoms with Crippen molar-refractivity contribution < 1.29 is 0 Å². The minimum Gasteiger partial charge on any atom is -0.324 e. The predicted molar refractivity (Wildman–Crippen MR) is 94.7 cm³/mol. The fraction of sp³-hybridized carbons (Fsp3) is 0.105. The number of hydrogen-bond donors (Lipinski definition) is 1. The predicted octanol–water partition coefficient (Wildman–Crippen LogP) is 3.50. The van der Waals surface area contributed by atoms with E-state index < -0.39 is 0 Å². The molecule has 0 aliphatic carbocycles. The molecule has 0 spiro atoms. The molecule has 2 aromatic heterocycles. The lowest BCUT2D eigenvalue weighted by Crippen LogP contribution is -2.04. The number of rotatable bonds is 3. The van der Waals surface area contributed by atoms with Gasteiger partial charge in [-0.3, -0.25) is 4.57 Å². The van der Waals surface area contributed by atoms with E-state index in [0.717, 1.165) is 33.4 Å². The summed E-state index contributed by atoms with van der Waals surface area (Å²) in [6, 6.07) is 14.4. The molecule has 0 saturated heterocycles. The molecule has 4 rings (SSSR count). The van der Waals surface area contributed by atoms with Gasteiger partial charge in [-0.05, 0) is 42.3 Å². The highest BCUT2D eigenvalue weighted by Gasteiger charge is 2.08. The Kier molecular flexibility index (Phi) is 3.55. The first-order valence-corrected chi connectivity index (χ1v) is 7.81. The van der Waals surface area contributed by atoms with E-state index in [0.29, 0.717) is 0 Å². The van der Waals surface area contributed by atoms with Crippen LogP contribution in [0.25, 0.3) is 27.8 Å². The highest BCUT2D eigenvalue weighted by molar-refractivity contribution is 5.79. The highest BCUT2D eigenvalue weighted by atomic mass is 15.0. The number of imidazole rings is 1. The summed E-state index contributed by atoms with van der Waals surface area (Å²) < 4.78 is 2.08. The Morgan fingerprint density at radius 3 is 2.62 bits per heavy atom. The van der Waals surface area contributed by atoms with Crippen LogP contribution in [0.5, 0.6) is 0 Å². The molecule has 2 heterocycles. The molecule has 0 amide bonds. The molecule has 0 unspecified atom stereocenters. The van der Waals surface area contributed by atoms with Crippen LogP contribution < -0.4 is 5.73 Å². The van der Waals surface area contributed by atoms with E-state index in [-0.39, 0.29) is 6.04 Å². The quantitative estimate of drug-likeness (QED) is 0.628. The second kappa shape index (κ2) is 5.86. The van der Waals surface area contributed by atoms with Crippen LogP contribution in [0.15, 0.2) is 67.5 Å². The lowest BCUT2D eigenvalue weighted by atomic mass is 10.1. The monoisotopic (exact) mass is 315 g/mol. The van der Waals surface area contributed by atoms with Crippen LogP contribution in [0.1, 0.15) is 18.5 Å². The average molecular weight is 315 g/mol. The fourth-order valence-electron chi connectivity index (χ4n) is 2.80. The van der Waals surface area contributed by atoms with E-state index in [4.69, 9.17) is 5.73 Å². The Hall–Kier alpha value is -3.05. The van der Waals surface area contributed by atoms with E-state index in [1.807, 2.05) is 37.8 Å². The van der Waals surface area contributed by atoms with Crippen molar-refractivity contribution in [3.05, 3.63) is 73.1 Å². The Labute approximate surface area is 139 Å². The van der Waals surface area contributed by atoms with E-state index in [9.17, 15) is 0 Å². The maximum Gasteiger partial charge on any atom is 0.115 e. The van der Waals surface area contributed by atoms with Gasteiger partial charge in [-0.25, -0.2) is 15.0 Å².